The third-order valence-corrected chi connectivity index (χ3v) is 2.63. The van der Waals surface area contributed by atoms with Crippen LogP contribution in [0.15, 0.2) is 0 Å². The molecule has 84 valence electrons. The van der Waals surface area contributed by atoms with Gasteiger partial charge < -0.3 is 9.57 Å². The number of methoxy groups -OCH3 is 1. The third kappa shape index (κ3) is 4.40. The van der Waals surface area contributed by atoms with Crippen molar-refractivity contribution in [1.29, 1.82) is 0 Å². The molecule has 1 aliphatic carbocycles. The fraction of sp³-hybridized carbons (Fsp3) is 1.00. The zero-order valence-corrected chi connectivity index (χ0v) is 9.58. The maximum atomic E-state index is 5.42. The van der Waals surface area contributed by atoms with Gasteiger partial charge in [0.1, 0.15) is 0 Å². The van der Waals surface area contributed by atoms with Gasteiger partial charge in [0.25, 0.3) is 0 Å². The average molecular weight is 201 g/mol. The fourth-order valence-corrected chi connectivity index (χ4v) is 1.80. The maximum absolute atomic E-state index is 5.42. The van der Waals surface area contributed by atoms with Crippen LogP contribution in [0.1, 0.15) is 39.5 Å². The van der Waals surface area contributed by atoms with E-state index in [9.17, 15) is 0 Å². The summed E-state index contributed by atoms with van der Waals surface area (Å²) in [4.78, 5) is 5.42. The second kappa shape index (κ2) is 6.38. The predicted molar refractivity (Wildman–Crippen MR) is 57.0 cm³/mol. The Morgan fingerprint density at radius 1 is 1.36 bits per heavy atom. The van der Waals surface area contributed by atoms with E-state index >= 15 is 0 Å². The van der Waals surface area contributed by atoms with Gasteiger partial charge in [-0.3, -0.25) is 0 Å². The Hall–Kier alpha value is -0.120. The average Bonchev–Trinajstić information content (AvgIpc) is 2.18. The Kier molecular flexibility index (Phi) is 5.45. The van der Waals surface area contributed by atoms with E-state index < -0.39 is 0 Å². The monoisotopic (exact) mass is 201 g/mol. The Bertz CT molecular complexity index is 150. The van der Waals surface area contributed by atoms with Crippen LogP contribution in [0.4, 0.5) is 0 Å². The van der Waals surface area contributed by atoms with Gasteiger partial charge in [0.05, 0.1) is 12.7 Å². The topological polar surface area (TPSA) is 30.5 Å². The van der Waals surface area contributed by atoms with Gasteiger partial charge in [-0.1, -0.05) is 13.8 Å². The molecule has 0 bridgehead atoms. The molecule has 1 rings (SSSR count). The van der Waals surface area contributed by atoms with Gasteiger partial charge in [0, 0.05) is 13.2 Å². The van der Waals surface area contributed by atoms with E-state index in [0.717, 1.165) is 13.0 Å². The quantitative estimate of drug-likeness (QED) is 0.691. The van der Waals surface area contributed by atoms with Crippen LogP contribution >= 0.6 is 0 Å². The van der Waals surface area contributed by atoms with Crippen LogP contribution in [0, 0.1) is 5.92 Å². The Morgan fingerprint density at radius 3 is 2.79 bits per heavy atom. The molecule has 3 nitrogen and oxygen atoms in total. The summed E-state index contributed by atoms with van der Waals surface area (Å²) in [6.45, 7) is 5.09. The zero-order valence-electron chi connectivity index (χ0n) is 9.58. The van der Waals surface area contributed by atoms with Crippen LogP contribution in [-0.4, -0.2) is 25.9 Å². The number of hydroxylamine groups is 1. The molecule has 0 aliphatic heterocycles. The molecule has 3 heteroatoms. The predicted octanol–water partition coefficient (Wildman–Crippen LogP) is 2.12. The second-order valence-corrected chi connectivity index (χ2v) is 4.54. The van der Waals surface area contributed by atoms with Crippen LogP contribution in [0.5, 0.6) is 0 Å². The summed E-state index contributed by atoms with van der Waals surface area (Å²) in [6, 6.07) is 0.479. The second-order valence-electron chi connectivity index (χ2n) is 4.54. The standard InChI is InChI=1S/C11H23NO2/c1-9(2)8-14-12-10-5-4-6-11(7-10)13-3/h9-12H,4-8H2,1-3H3. The fourth-order valence-electron chi connectivity index (χ4n) is 1.80. The molecule has 0 aromatic heterocycles. The van der Waals surface area contributed by atoms with Crippen LogP contribution in [0.3, 0.4) is 0 Å². The SMILES string of the molecule is COC1CCCC(NOCC(C)C)C1. The molecule has 0 spiro atoms. The minimum atomic E-state index is 0.420. The first-order chi connectivity index (χ1) is 6.72. The number of hydrogen-bond acceptors (Lipinski definition) is 3. The molecule has 1 saturated carbocycles. The Balaban J connectivity index is 2.11. The van der Waals surface area contributed by atoms with Crippen molar-refractivity contribution in [3.63, 3.8) is 0 Å². The van der Waals surface area contributed by atoms with E-state index in [1.165, 1.54) is 19.3 Å². The summed E-state index contributed by atoms with van der Waals surface area (Å²) in [7, 11) is 1.79. The van der Waals surface area contributed by atoms with Gasteiger partial charge in [-0.25, -0.2) is 0 Å². The molecule has 14 heavy (non-hydrogen) atoms. The molecule has 1 aliphatic rings. The zero-order chi connectivity index (χ0) is 10.4. The first-order valence-corrected chi connectivity index (χ1v) is 5.62. The van der Waals surface area contributed by atoms with Gasteiger partial charge in [0.15, 0.2) is 0 Å². The van der Waals surface area contributed by atoms with Gasteiger partial charge in [-0.2, -0.15) is 5.48 Å². The molecule has 0 amide bonds. The lowest BCUT2D eigenvalue weighted by molar-refractivity contribution is -0.0294. The van der Waals surface area contributed by atoms with E-state index in [2.05, 4.69) is 19.3 Å². The lowest BCUT2D eigenvalue weighted by Gasteiger charge is -2.28. The highest BCUT2D eigenvalue weighted by molar-refractivity contribution is 4.75. The van der Waals surface area contributed by atoms with Crippen molar-refractivity contribution in [1.82, 2.24) is 5.48 Å². The van der Waals surface area contributed by atoms with E-state index in [1.807, 2.05) is 0 Å². The summed E-state index contributed by atoms with van der Waals surface area (Å²) in [5, 5.41) is 0. The molecule has 0 heterocycles. The van der Waals surface area contributed by atoms with Crippen molar-refractivity contribution < 1.29 is 9.57 Å². The summed E-state index contributed by atoms with van der Waals surface area (Å²) in [6.07, 6.45) is 5.14. The molecular formula is C11H23NO2. The summed E-state index contributed by atoms with van der Waals surface area (Å²) < 4.78 is 5.35. The largest absolute Gasteiger partial charge is 0.381 e. The van der Waals surface area contributed by atoms with Gasteiger partial charge in [-0.15, -0.1) is 0 Å². The van der Waals surface area contributed by atoms with Crippen molar-refractivity contribution in [2.75, 3.05) is 13.7 Å². The number of ether oxygens (including phenoxy) is 1. The number of nitrogens with one attached hydrogen (secondary N) is 1. The first-order valence-electron chi connectivity index (χ1n) is 5.62. The van der Waals surface area contributed by atoms with Crippen molar-refractivity contribution in [2.45, 2.75) is 51.7 Å². The highest BCUT2D eigenvalue weighted by Crippen LogP contribution is 2.20. The van der Waals surface area contributed by atoms with Crippen molar-refractivity contribution in [3.05, 3.63) is 0 Å². The summed E-state index contributed by atoms with van der Waals surface area (Å²) in [5.74, 6) is 0.587. The van der Waals surface area contributed by atoms with Crippen molar-refractivity contribution >= 4 is 0 Å². The molecule has 2 unspecified atom stereocenters. The maximum Gasteiger partial charge on any atom is 0.0705 e. The molecule has 0 aromatic carbocycles. The molecule has 1 N–H and O–H groups in total. The molecule has 0 aromatic rings. The summed E-state index contributed by atoms with van der Waals surface area (Å²) in [5.41, 5.74) is 3.14. The lowest BCUT2D eigenvalue weighted by Crippen LogP contribution is -2.37. The van der Waals surface area contributed by atoms with Crippen molar-refractivity contribution in [3.8, 4) is 0 Å². The van der Waals surface area contributed by atoms with Gasteiger partial charge in [-0.05, 0) is 31.6 Å². The minimum Gasteiger partial charge on any atom is -0.381 e. The Morgan fingerprint density at radius 2 is 2.14 bits per heavy atom. The minimum absolute atomic E-state index is 0.420. The van der Waals surface area contributed by atoms with Crippen LogP contribution in [0.2, 0.25) is 0 Å². The van der Waals surface area contributed by atoms with Crippen LogP contribution < -0.4 is 5.48 Å². The molecular weight excluding hydrogens is 178 g/mol. The van der Waals surface area contributed by atoms with Gasteiger partial charge >= 0.3 is 0 Å². The van der Waals surface area contributed by atoms with Gasteiger partial charge in [0.2, 0.25) is 0 Å². The number of hydrogen-bond donors (Lipinski definition) is 1. The normalized spacial score (nSPS) is 28.3. The lowest BCUT2D eigenvalue weighted by atomic mass is 9.93. The highest BCUT2D eigenvalue weighted by atomic mass is 16.6. The van der Waals surface area contributed by atoms with Crippen molar-refractivity contribution in [2.24, 2.45) is 5.92 Å². The van der Waals surface area contributed by atoms with E-state index in [4.69, 9.17) is 9.57 Å². The van der Waals surface area contributed by atoms with E-state index in [-0.39, 0.29) is 0 Å². The number of rotatable bonds is 5. The molecule has 0 radical (unpaired) electrons. The smallest absolute Gasteiger partial charge is 0.0705 e. The first kappa shape index (κ1) is 12.0. The molecule has 2 atom stereocenters. The van der Waals surface area contributed by atoms with E-state index in [0.29, 0.717) is 18.1 Å². The molecule has 0 saturated heterocycles. The summed E-state index contributed by atoms with van der Waals surface area (Å²) >= 11 is 0. The van der Waals surface area contributed by atoms with E-state index in [1.54, 1.807) is 7.11 Å². The van der Waals surface area contributed by atoms with Crippen LogP contribution in [0.25, 0.3) is 0 Å². The third-order valence-electron chi connectivity index (χ3n) is 2.63. The Labute approximate surface area is 87.1 Å². The van der Waals surface area contributed by atoms with Crippen LogP contribution in [-0.2, 0) is 9.57 Å². The highest BCUT2D eigenvalue weighted by Gasteiger charge is 2.21. The molecule has 1 fully saturated rings.